The second-order valence-corrected chi connectivity index (χ2v) is 3.67. The van der Waals surface area contributed by atoms with E-state index >= 15 is 0 Å². The van der Waals surface area contributed by atoms with Crippen LogP contribution in [0.25, 0.3) is 0 Å². The van der Waals surface area contributed by atoms with Gasteiger partial charge in [0.25, 0.3) is 0 Å². The Bertz CT molecular complexity index is 443. The van der Waals surface area contributed by atoms with Gasteiger partial charge >= 0.3 is 6.18 Å². The van der Waals surface area contributed by atoms with E-state index in [-0.39, 0.29) is 6.54 Å². The van der Waals surface area contributed by atoms with Crippen LogP contribution in [0.5, 0.6) is 0 Å². The van der Waals surface area contributed by atoms with Gasteiger partial charge in [-0.3, -0.25) is 4.99 Å². The first-order valence-electron chi connectivity index (χ1n) is 5.08. The standard InChI is InChI=1S/C11H11F3N2O/c12-11(13,14)8-3-1-2-7(4-8)9-6-16-10(5-15)17-9/h1-4,9H,5-6,15H2. The molecule has 0 bridgehead atoms. The minimum atomic E-state index is -4.34. The van der Waals surface area contributed by atoms with E-state index in [1.54, 1.807) is 6.07 Å². The third kappa shape index (κ3) is 2.58. The molecule has 1 unspecified atom stereocenters. The second-order valence-electron chi connectivity index (χ2n) is 3.67. The van der Waals surface area contributed by atoms with E-state index in [0.29, 0.717) is 18.0 Å². The normalized spacial score (nSPS) is 20.0. The molecule has 0 amide bonds. The number of benzene rings is 1. The Labute approximate surface area is 96.1 Å². The van der Waals surface area contributed by atoms with Crippen molar-refractivity contribution < 1.29 is 17.9 Å². The minimum absolute atomic E-state index is 0.162. The number of halogens is 3. The molecule has 1 aromatic rings. The zero-order valence-corrected chi connectivity index (χ0v) is 8.87. The van der Waals surface area contributed by atoms with Crippen LogP contribution in [-0.2, 0) is 10.9 Å². The van der Waals surface area contributed by atoms with E-state index in [4.69, 9.17) is 10.5 Å². The van der Waals surface area contributed by atoms with Crippen molar-refractivity contribution >= 4 is 5.90 Å². The Morgan fingerprint density at radius 3 is 2.76 bits per heavy atom. The number of hydrogen-bond donors (Lipinski definition) is 1. The molecule has 0 saturated carbocycles. The summed E-state index contributed by atoms with van der Waals surface area (Å²) in [5.74, 6) is 0.382. The fourth-order valence-electron chi connectivity index (χ4n) is 1.62. The molecule has 1 aromatic carbocycles. The van der Waals surface area contributed by atoms with Crippen LogP contribution in [0.4, 0.5) is 13.2 Å². The van der Waals surface area contributed by atoms with Gasteiger partial charge in [-0.25, -0.2) is 0 Å². The van der Waals surface area contributed by atoms with Crippen LogP contribution < -0.4 is 5.73 Å². The summed E-state index contributed by atoms with van der Waals surface area (Å²) in [5, 5.41) is 0. The lowest BCUT2D eigenvalue weighted by Crippen LogP contribution is -2.15. The lowest BCUT2D eigenvalue weighted by molar-refractivity contribution is -0.137. The fourth-order valence-corrected chi connectivity index (χ4v) is 1.62. The number of nitrogens with two attached hydrogens (primary N) is 1. The Hall–Kier alpha value is -1.56. The summed E-state index contributed by atoms with van der Waals surface area (Å²) in [6.45, 7) is 0.476. The van der Waals surface area contributed by atoms with Gasteiger partial charge < -0.3 is 10.5 Å². The quantitative estimate of drug-likeness (QED) is 0.866. The first kappa shape index (κ1) is 11.9. The molecule has 0 spiro atoms. The summed E-state index contributed by atoms with van der Waals surface area (Å²) >= 11 is 0. The van der Waals surface area contributed by atoms with Gasteiger partial charge in [0, 0.05) is 0 Å². The lowest BCUT2D eigenvalue weighted by Gasteiger charge is -2.13. The maximum absolute atomic E-state index is 12.5. The largest absolute Gasteiger partial charge is 0.470 e. The van der Waals surface area contributed by atoms with E-state index < -0.39 is 17.8 Å². The van der Waals surface area contributed by atoms with Crippen LogP contribution in [0.15, 0.2) is 29.3 Å². The number of rotatable bonds is 2. The van der Waals surface area contributed by atoms with Crippen molar-refractivity contribution in [3.05, 3.63) is 35.4 Å². The Balaban J connectivity index is 2.18. The number of alkyl halides is 3. The monoisotopic (exact) mass is 244 g/mol. The van der Waals surface area contributed by atoms with E-state index in [0.717, 1.165) is 12.1 Å². The van der Waals surface area contributed by atoms with Gasteiger partial charge in [0.2, 0.25) is 0 Å². The molecule has 3 nitrogen and oxygen atoms in total. The molecule has 0 aromatic heterocycles. The van der Waals surface area contributed by atoms with E-state index in [1.165, 1.54) is 6.07 Å². The SMILES string of the molecule is NCC1=NCC(c2cccc(C(F)(F)F)c2)O1. The van der Waals surface area contributed by atoms with Gasteiger partial charge in [0.1, 0.15) is 6.10 Å². The average molecular weight is 244 g/mol. The van der Waals surface area contributed by atoms with Crippen molar-refractivity contribution in [2.75, 3.05) is 13.1 Å². The van der Waals surface area contributed by atoms with Gasteiger partial charge in [0.15, 0.2) is 5.90 Å². The van der Waals surface area contributed by atoms with Crippen LogP contribution in [0, 0.1) is 0 Å². The maximum Gasteiger partial charge on any atom is 0.416 e. The van der Waals surface area contributed by atoms with Crippen LogP contribution in [0.3, 0.4) is 0 Å². The lowest BCUT2D eigenvalue weighted by atomic mass is 10.1. The van der Waals surface area contributed by atoms with Gasteiger partial charge in [-0.1, -0.05) is 12.1 Å². The molecule has 0 aliphatic carbocycles. The Morgan fingerprint density at radius 1 is 1.41 bits per heavy atom. The molecule has 0 saturated heterocycles. The van der Waals surface area contributed by atoms with E-state index in [2.05, 4.69) is 4.99 Å². The third-order valence-corrected chi connectivity index (χ3v) is 2.47. The molecule has 17 heavy (non-hydrogen) atoms. The smallest absolute Gasteiger partial charge is 0.416 e. The van der Waals surface area contributed by atoms with Crippen LogP contribution in [0.2, 0.25) is 0 Å². The van der Waals surface area contributed by atoms with Crippen molar-refractivity contribution in [3.8, 4) is 0 Å². The highest BCUT2D eigenvalue weighted by atomic mass is 19.4. The highest BCUT2D eigenvalue weighted by Gasteiger charge is 2.31. The van der Waals surface area contributed by atoms with Gasteiger partial charge in [0.05, 0.1) is 18.7 Å². The van der Waals surface area contributed by atoms with E-state index in [9.17, 15) is 13.2 Å². The van der Waals surface area contributed by atoms with Crippen molar-refractivity contribution in [2.24, 2.45) is 10.7 Å². The van der Waals surface area contributed by atoms with Crippen molar-refractivity contribution in [1.29, 1.82) is 0 Å². The highest BCUT2D eigenvalue weighted by Crippen LogP contribution is 2.32. The number of hydrogen-bond acceptors (Lipinski definition) is 3. The molecule has 1 heterocycles. The predicted molar refractivity (Wildman–Crippen MR) is 56.6 cm³/mol. The summed E-state index contributed by atoms with van der Waals surface area (Å²) in [4.78, 5) is 3.99. The van der Waals surface area contributed by atoms with Gasteiger partial charge in [-0.15, -0.1) is 0 Å². The number of ether oxygens (including phenoxy) is 1. The Kier molecular flexibility index (Phi) is 3.06. The molecule has 1 aliphatic heterocycles. The predicted octanol–water partition coefficient (Wildman–Crippen LogP) is 2.13. The molecular formula is C11H11F3N2O. The molecule has 1 atom stereocenters. The summed E-state index contributed by atoms with van der Waals surface area (Å²) in [7, 11) is 0. The highest BCUT2D eigenvalue weighted by molar-refractivity contribution is 5.79. The fraction of sp³-hybridized carbons (Fsp3) is 0.364. The molecule has 0 fully saturated rings. The second kappa shape index (κ2) is 4.37. The molecular weight excluding hydrogens is 233 g/mol. The molecule has 1 aliphatic rings. The van der Waals surface area contributed by atoms with Crippen molar-refractivity contribution in [1.82, 2.24) is 0 Å². The van der Waals surface area contributed by atoms with Crippen LogP contribution in [-0.4, -0.2) is 19.0 Å². The number of nitrogens with zero attached hydrogens (tertiary/aromatic N) is 1. The molecule has 6 heteroatoms. The topological polar surface area (TPSA) is 47.6 Å². The van der Waals surface area contributed by atoms with E-state index in [1.807, 2.05) is 0 Å². The average Bonchev–Trinajstić information content (AvgIpc) is 2.76. The maximum atomic E-state index is 12.5. The van der Waals surface area contributed by atoms with Gasteiger partial charge in [-0.2, -0.15) is 13.2 Å². The van der Waals surface area contributed by atoms with Gasteiger partial charge in [-0.05, 0) is 17.7 Å². The molecule has 2 rings (SSSR count). The summed E-state index contributed by atoms with van der Waals surface area (Å²) in [6.07, 6.45) is -4.80. The van der Waals surface area contributed by atoms with Crippen LogP contribution >= 0.6 is 0 Å². The molecule has 0 radical (unpaired) electrons. The molecule has 2 N–H and O–H groups in total. The zero-order chi connectivity index (χ0) is 12.5. The summed E-state index contributed by atoms with van der Waals surface area (Å²) in [5.41, 5.74) is 5.12. The zero-order valence-electron chi connectivity index (χ0n) is 8.87. The van der Waals surface area contributed by atoms with Crippen molar-refractivity contribution in [3.63, 3.8) is 0 Å². The van der Waals surface area contributed by atoms with Crippen molar-refractivity contribution in [2.45, 2.75) is 12.3 Å². The first-order valence-corrected chi connectivity index (χ1v) is 5.08. The van der Waals surface area contributed by atoms with Crippen LogP contribution in [0.1, 0.15) is 17.2 Å². The minimum Gasteiger partial charge on any atom is -0.470 e. The summed E-state index contributed by atoms with van der Waals surface area (Å²) < 4.78 is 42.8. The third-order valence-electron chi connectivity index (χ3n) is 2.47. The molecule has 92 valence electrons. The Morgan fingerprint density at radius 2 is 2.18 bits per heavy atom. The number of aliphatic imine (C=N–C) groups is 1. The summed E-state index contributed by atoms with van der Waals surface area (Å²) in [6, 6.07) is 5.07. The first-order chi connectivity index (χ1) is 8.00.